The van der Waals surface area contributed by atoms with Crippen molar-refractivity contribution in [1.82, 2.24) is 25.1 Å². The van der Waals surface area contributed by atoms with Gasteiger partial charge in [-0.1, -0.05) is 30.3 Å². The number of hydrogen-bond donors (Lipinski definition) is 0. The minimum absolute atomic E-state index is 0.113. The molecule has 2 aromatic carbocycles. The molecule has 3 aromatic rings. The van der Waals surface area contributed by atoms with Gasteiger partial charge in [-0.2, -0.15) is 4.80 Å². The first-order valence-electron chi connectivity index (χ1n) is 8.71. The van der Waals surface area contributed by atoms with E-state index in [1.807, 2.05) is 30.3 Å². The average Bonchev–Trinajstić information content (AvgIpc) is 3.21. The highest BCUT2D eigenvalue weighted by molar-refractivity contribution is 5.94. The number of rotatable bonds is 3. The molecule has 1 saturated heterocycles. The maximum Gasteiger partial charge on any atom is 0.254 e. The third kappa shape index (κ3) is 3.55. The first-order valence-corrected chi connectivity index (χ1v) is 8.71. The van der Waals surface area contributed by atoms with E-state index in [-0.39, 0.29) is 17.5 Å². The average molecular weight is 369 g/mol. The molecule has 0 spiro atoms. The van der Waals surface area contributed by atoms with E-state index in [1.54, 1.807) is 4.90 Å². The lowest BCUT2D eigenvalue weighted by molar-refractivity contribution is 0.0662. The van der Waals surface area contributed by atoms with Gasteiger partial charge in [0, 0.05) is 24.2 Å². The highest BCUT2D eigenvalue weighted by atomic mass is 19.2. The number of carbonyl (C=O) groups is 1. The molecule has 1 fully saturated rings. The fraction of sp³-hybridized carbons (Fsp3) is 0.263. The molecule has 6 nitrogen and oxygen atoms in total. The van der Waals surface area contributed by atoms with E-state index in [4.69, 9.17) is 0 Å². The van der Waals surface area contributed by atoms with Gasteiger partial charge in [0.2, 0.25) is 5.82 Å². The number of likely N-dealkylation sites (tertiary alicyclic amines) is 1. The van der Waals surface area contributed by atoms with Gasteiger partial charge >= 0.3 is 0 Å². The molecule has 0 aliphatic carbocycles. The molecule has 0 N–H and O–H groups in total. The Morgan fingerprint density at radius 3 is 2.67 bits per heavy atom. The van der Waals surface area contributed by atoms with Crippen molar-refractivity contribution < 1.29 is 13.6 Å². The van der Waals surface area contributed by atoms with Crippen molar-refractivity contribution in [3.63, 3.8) is 0 Å². The van der Waals surface area contributed by atoms with Crippen LogP contribution in [0.3, 0.4) is 0 Å². The van der Waals surface area contributed by atoms with E-state index in [1.165, 1.54) is 10.9 Å². The van der Waals surface area contributed by atoms with E-state index in [9.17, 15) is 13.6 Å². The van der Waals surface area contributed by atoms with Crippen LogP contribution in [0.1, 0.15) is 29.2 Å². The molecule has 4 rings (SSSR count). The van der Waals surface area contributed by atoms with E-state index >= 15 is 0 Å². The molecule has 1 aliphatic heterocycles. The summed E-state index contributed by atoms with van der Waals surface area (Å²) >= 11 is 0. The summed E-state index contributed by atoms with van der Waals surface area (Å²) in [5.41, 5.74) is 1.00. The third-order valence-electron chi connectivity index (χ3n) is 4.64. The molecule has 1 aliphatic rings. The van der Waals surface area contributed by atoms with Crippen LogP contribution in [-0.4, -0.2) is 44.1 Å². The van der Waals surface area contributed by atoms with Gasteiger partial charge in [0.25, 0.3) is 5.91 Å². The van der Waals surface area contributed by atoms with Crippen molar-refractivity contribution in [1.29, 1.82) is 0 Å². The van der Waals surface area contributed by atoms with Crippen LogP contribution in [0.5, 0.6) is 0 Å². The van der Waals surface area contributed by atoms with Gasteiger partial charge < -0.3 is 4.90 Å². The normalized spacial score (nSPS) is 17.1. The molecular formula is C19H17F2N5O. The second-order valence-corrected chi connectivity index (χ2v) is 6.48. The van der Waals surface area contributed by atoms with E-state index in [0.717, 1.165) is 30.5 Å². The smallest absolute Gasteiger partial charge is 0.254 e. The summed E-state index contributed by atoms with van der Waals surface area (Å²) in [6, 6.07) is 12.6. The van der Waals surface area contributed by atoms with Gasteiger partial charge in [-0.15, -0.1) is 10.2 Å². The number of benzene rings is 2. The largest absolute Gasteiger partial charge is 0.336 e. The minimum atomic E-state index is -1.03. The molecular weight excluding hydrogens is 352 g/mol. The van der Waals surface area contributed by atoms with E-state index < -0.39 is 11.6 Å². The number of carbonyl (C=O) groups excluding carboxylic acids is 1. The summed E-state index contributed by atoms with van der Waals surface area (Å²) in [6.45, 7) is 0.941. The zero-order valence-electron chi connectivity index (χ0n) is 14.4. The van der Waals surface area contributed by atoms with Crippen LogP contribution in [-0.2, 0) is 0 Å². The van der Waals surface area contributed by atoms with Crippen LogP contribution in [0, 0.1) is 11.6 Å². The number of tetrazole rings is 1. The molecule has 138 valence electrons. The Labute approximate surface area is 154 Å². The molecule has 1 aromatic heterocycles. The van der Waals surface area contributed by atoms with Gasteiger partial charge in [-0.3, -0.25) is 4.79 Å². The van der Waals surface area contributed by atoms with E-state index in [2.05, 4.69) is 15.4 Å². The molecule has 27 heavy (non-hydrogen) atoms. The fourth-order valence-electron chi connectivity index (χ4n) is 3.22. The van der Waals surface area contributed by atoms with Gasteiger partial charge in [-0.05, 0) is 36.3 Å². The maximum absolute atomic E-state index is 13.4. The number of hydrogen-bond acceptors (Lipinski definition) is 4. The fourth-order valence-corrected chi connectivity index (χ4v) is 3.22. The van der Waals surface area contributed by atoms with Gasteiger partial charge in [0.05, 0.1) is 6.04 Å². The van der Waals surface area contributed by atoms with Crippen LogP contribution >= 0.6 is 0 Å². The monoisotopic (exact) mass is 369 g/mol. The van der Waals surface area contributed by atoms with Crippen molar-refractivity contribution in [2.75, 3.05) is 13.1 Å². The Balaban J connectivity index is 1.50. The molecule has 0 bridgehead atoms. The third-order valence-corrected chi connectivity index (χ3v) is 4.64. The summed E-state index contributed by atoms with van der Waals surface area (Å²) in [6.07, 6.45) is 1.58. The van der Waals surface area contributed by atoms with Crippen molar-refractivity contribution >= 4 is 5.91 Å². The number of piperidine rings is 1. The van der Waals surface area contributed by atoms with Gasteiger partial charge in [0.1, 0.15) is 0 Å². The minimum Gasteiger partial charge on any atom is -0.336 e. The second kappa shape index (κ2) is 7.22. The summed E-state index contributed by atoms with van der Waals surface area (Å²) in [7, 11) is 0. The highest BCUT2D eigenvalue weighted by Crippen LogP contribution is 2.23. The summed E-state index contributed by atoms with van der Waals surface area (Å²) < 4.78 is 26.5. The maximum atomic E-state index is 13.4. The zero-order chi connectivity index (χ0) is 18.8. The first kappa shape index (κ1) is 17.3. The van der Waals surface area contributed by atoms with E-state index in [0.29, 0.717) is 18.9 Å². The lowest BCUT2D eigenvalue weighted by Crippen LogP contribution is -2.41. The van der Waals surface area contributed by atoms with Crippen LogP contribution in [0.4, 0.5) is 8.78 Å². The van der Waals surface area contributed by atoms with Crippen molar-refractivity contribution in [2.45, 2.75) is 18.9 Å². The number of nitrogens with zero attached hydrogens (tertiary/aromatic N) is 5. The molecule has 2 heterocycles. The Morgan fingerprint density at radius 2 is 1.89 bits per heavy atom. The number of amides is 1. The van der Waals surface area contributed by atoms with Crippen molar-refractivity contribution in [3.05, 3.63) is 65.7 Å². The first-order chi connectivity index (χ1) is 13.1. The quantitative estimate of drug-likeness (QED) is 0.712. The molecule has 8 heteroatoms. The van der Waals surface area contributed by atoms with Gasteiger partial charge in [0.15, 0.2) is 11.6 Å². The molecule has 0 saturated carbocycles. The molecule has 1 unspecified atom stereocenters. The zero-order valence-corrected chi connectivity index (χ0v) is 14.4. The predicted octanol–water partition coefficient (Wildman–Crippen LogP) is 3.10. The van der Waals surface area contributed by atoms with Crippen LogP contribution in [0.25, 0.3) is 11.4 Å². The lowest BCUT2D eigenvalue weighted by Gasteiger charge is -2.32. The lowest BCUT2D eigenvalue weighted by atomic mass is 10.0. The topological polar surface area (TPSA) is 63.9 Å². The molecule has 1 amide bonds. The Kier molecular flexibility index (Phi) is 4.62. The van der Waals surface area contributed by atoms with Crippen molar-refractivity contribution in [3.8, 4) is 11.4 Å². The SMILES string of the molecule is O=C(c1ccc(F)c(F)c1)N1CCCC(n2nnc(-c3ccccc3)n2)C1. The summed E-state index contributed by atoms with van der Waals surface area (Å²) in [4.78, 5) is 15.8. The van der Waals surface area contributed by atoms with Gasteiger partial charge in [-0.25, -0.2) is 8.78 Å². The van der Waals surface area contributed by atoms with Crippen molar-refractivity contribution in [2.24, 2.45) is 0 Å². The Bertz CT molecular complexity index is 960. The number of halogens is 2. The van der Waals surface area contributed by atoms with Crippen LogP contribution in [0.15, 0.2) is 48.5 Å². The highest BCUT2D eigenvalue weighted by Gasteiger charge is 2.27. The van der Waals surface area contributed by atoms with Crippen LogP contribution < -0.4 is 0 Å². The summed E-state index contributed by atoms with van der Waals surface area (Å²) in [5.74, 6) is -1.80. The standard InChI is InChI=1S/C19H17F2N5O/c20-16-9-8-14(11-17(16)21)19(27)25-10-4-7-15(12-25)26-23-18(22-24-26)13-5-2-1-3-6-13/h1-3,5-6,8-9,11,15H,4,7,10,12H2. The molecule has 0 radical (unpaired) electrons. The Morgan fingerprint density at radius 1 is 1.07 bits per heavy atom. The molecule has 1 atom stereocenters. The Hall–Kier alpha value is -3.16. The second-order valence-electron chi connectivity index (χ2n) is 6.48. The number of aromatic nitrogens is 4. The van der Waals surface area contributed by atoms with Crippen LogP contribution in [0.2, 0.25) is 0 Å². The summed E-state index contributed by atoms with van der Waals surface area (Å²) in [5, 5.41) is 12.7. The predicted molar refractivity (Wildman–Crippen MR) is 93.8 cm³/mol.